The van der Waals surface area contributed by atoms with Gasteiger partial charge in [-0.2, -0.15) is 4.31 Å². The van der Waals surface area contributed by atoms with Crippen molar-refractivity contribution in [3.63, 3.8) is 0 Å². The first-order chi connectivity index (χ1) is 14.0. The number of carbonyl (C=O) groups is 1. The van der Waals surface area contributed by atoms with Gasteiger partial charge >= 0.3 is 0 Å². The molecule has 0 bridgehead atoms. The Labute approximate surface area is 170 Å². The van der Waals surface area contributed by atoms with Crippen LogP contribution in [0.1, 0.15) is 23.2 Å². The summed E-state index contributed by atoms with van der Waals surface area (Å²) in [4.78, 5) is 12.9. The first-order valence-corrected chi connectivity index (χ1v) is 10.9. The summed E-state index contributed by atoms with van der Waals surface area (Å²) in [5.74, 6) is 0.431. The fraction of sp³-hybridized carbons (Fsp3) is 0.227. The second kappa shape index (κ2) is 7.85. The van der Waals surface area contributed by atoms with Gasteiger partial charge < -0.3 is 10.1 Å². The number of nitrogens with one attached hydrogen (secondary N) is 1. The first kappa shape index (κ1) is 19.4. The maximum atomic E-state index is 12.7. The lowest BCUT2D eigenvalue weighted by Gasteiger charge is -2.15. The molecule has 1 amide bonds. The maximum absolute atomic E-state index is 12.7. The number of nitrogens with zero attached hydrogens (tertiary/aromatic N) is 1. The number of benzene rings is 3. The second-order valence-electron chi connectivity index (χ2n) is 6.95. The Morgan fingerprint density at radius 2 is 1.59 bits per heavy atom. The molecular formula is C22H22N2O4S. The summed E-state index contributed by atoms with van der Waals surface area (Å²) in [5.41, 5.74) is 1.06. The van der Waals surface area contributed by atoms with Gasteiger partial charge in [-0.3, -0.25) is 4.79 Å². The molecule has 1 fully saturated rings. The molecule has 0 aromatic heterocycles. The summed E-state index contributed by atoms with van der Waals surface area (Å²) in [7, 11) is -1.88. The Morgan fingerprint density at radius 3 is 2.24 bits per heavy atom. The summed E-state index contributed by atoms with van der Waals surface area (Å²) in [5, 5.41) is 4.68. The van der Waals surface area contributed by atoms with Crippen LogP contribution in [0.3, 0.4) is 0 Å². The highest BCUT2D eigenvalue weighted by Gasteiger charge is 2.27. The number of amides is 1. The number of hydrogen-bond acceptors (Lipinski definition) is 4. The summed E-state index contributed by atoms with van der Waals surface area (Å²) in [6.45, 7) is 1.10. The highest BCUT2D eigenvalue weighted by molar-refractivity contribution is 7.89. The minimum atomic E-state index is -3.49. The number of rotatable bonds is 5. The standard InChI is InChI=1S/C22H22N2O4S/c1-28-21-13-12-20(18-6-2-3-7-19(18)21)23-22(25)16-8-10-17(11-9-16)29(26,27)24-14-4-5-15-24/h2-3,6-13H,4-5,14-15H2,1H3,(H,23,25). The van der Waals surface area contributed by atoms with Crippen LogP contribution in [0, 0.1) is 0 Å². The van der Waals surface area contributed by atoms with Crippen molar-refractivity contribution in [3.8, 4) is 5.75 Å². The van der Waals surface area contributed by atoms with E-state index in [4.69, 9.17) is 4.74 Å². The van der Waals surface area contributed by atoms with Crippen LogP contribution in [-0.4, -0.2) is 38.8 Å². The van der Waals surface area contributed by atoms with E-state index in [2.05, 4.69) is 5.32 Å². The predicted octanol–water partition coefficient (Wildman–Crippen LogP) is 3.89. The van der Waals surface area contributed by atoms with E-state index in [1.807, 2.05) is 30.3 Å². The van der Waals surface area contributed by atoms with E-state index in [1.165, 1.54) is 16.4 Å². The average Bonchev–Trinajstić information content (AvgIpc) is 3.30. The van der Waals surface area contributed by atoms with Crippen molar-refractivity contribution in [2.75, 3.05) is 25.5 Å². The van der Waals surface area contributed by atoms with Gasteiger partial charge in [-0.25, -0.2) is 8.42 Å². The Balaban J connectivity index is 1.58. The van der Waals surface area contributed by atoms with Gasteiger partial charge in [-0.05, 0) is 49.2 Å². The lowest BCUT2D eigenvalue weighted by atomic mass is 10.1. The highest BCUT2D eigenvalue weighted by atomic mass is 32.2. The minimum Gasteiger partial charge on any atom is -0.496 e. The third-order valence-corrected chi connectivity index (χ3v) is 7.08. The van der Waals surface area contributed by atoms with Gasteiger partial charge in [0.2, 0.25) is 10.0 Å². The molecule has 3 aromatic rings. The average molecular weight is 410 g/mol. The molecule has 0 atom stereocenters. The molecule has 1 heterocycles. The van der Waals surface area contributed by atoms with E-state index in [0.717, 1.165) is 29.4 Å². The smallest absolute Gasteiger partial charge is 0.255 e. The molecular weight excluding hydrogens is 388 g/mol. The molecule has 1 aliphatic rings. The second-order valence-corrected chi connectivity index (χ2v) is 8.89. The minimum absolute atomic E-state index is 0.214. The Morgan fingerprint density at radius 1 is 0.931 bits per heavy atom. The molecule has 0 saturated carbocycles. The van der Waals surface area contributed by atoms with Crippen molar-refractivity contribution in [1.82, 2.24) is 4.31 Å². The normalized spacial score (nSPS) is 14.8. The van der Waals surface area contributed by atoms with Crippen molar-refractivity contribution >= 4 is 32.4 Å². The van der Waals surface area contributed by atoms with E-state index in [1.54, 1.807) is 25.3 Å². The Kier molecular flexibility index (Phi) is 5.25. The zero-order chi connectivity index (χ0) is 20.4. The van der Waals surface area contributed by atoms with Gasteiger partial charge in [0.05, 0.1) is 12.0 Å². The van der Waals surface area contributed by atoms with Crippen LogP contribution in [0.2, 0.25) is 0 Å². The number of methoxy groups -OCH3 is 1. The van der Waals surface area contributed by atoms with Crippen LogP contribution in [0.5, 0.6) is 5.75 Å². The SMILES string of the molecule is COc1ccc(NC(=O)c2ccc(S(=O)(=O)N3CCCC3)cc2)c2ccccc12. The van der Waals surface area contributed by atoms with E-state index < -0.39 is 10.0 Å². The summed E-state index contributed by atoms with van der Waals surface area (Å²) in [6.07, 6.45) is 1.77. The maximum Gasteiger partial charge on any atom is 0.255 e. The quantitative estimate of drug-likeness (QED) is 0.693. The molecule has 0 unspecified atom stereocenters. The van der Waals surface area contributed by atoms with Crippen molar-refractivity contribution in [2.24, 2.45) is 0 Å². The molecule has 1 saturated heterocycles. The number of hydrogen-bond donors (Lipinski definition) is 1. The Hall–Kier alpha value is -2.90. The summed E-state index contributed by atoms with van der Waals surface area (Å²) < 4.78 is 32.1. The van der Waals surface area contributed by atoms with E-state index in [9.17, 15) is 13.2 Å². The van der Waals surface area contributed by atoms with E-state index >= 15 is 0 Å². The third kappa shape index (κ3) is 3.71. The largest absolute Gasteiger partial charge is 0.496 e. The zero-order valence-corrected chi connectivity index (χ0v) is 16.9. The third-order valence-electron chi connectivity index (χ3n) is 5.17. The van der Waals surface area contributed by atoms with Crippen molar-refractivity contribution < 1.29 is 17.9 Å². The van der Waals surface area contributed by atoms with Gasteiger partial charge in [0.25, 0.3) is 5.91 Å². The van der Waals surface area contributed by atoms with Gasteiger partial charge in [-0.15, -0.1) is 0 Å². The molecule has 6 nitrogen and oxygen atoms in total. The van der Waals surface area contributed by atoms with E-state index in [-0.39, 0.29) is 10.8 Å². The predicted molar refractivity (Wildman–Crippen MR) is 113 cm³/mol. The zero-order valence-electron chi connectivity index (χ0n) is 16.1. The highest BCUT2D eigenvalue weighted by Crippen LogP contribution is 2.31. The molecule has 0 radical (unpaired) electrons. The van der Waals surface area contributed by atoms with Gasteiger partial charge in [-0.1, -0.05) is 24.3 Å². The number of anilines is 1. The van der Waals surface area contributed by atoms with Crippen molar-refractivity contribution in [1.29, 1.82) is 0 Å². The molecule has 0 aliphatic carbocycles. The first-order valence-electron chi connectivity index (χ1n) is 9.48. The molecule has 1 aliphatic heterocycles. The summed E-state index contributed by atoms with van der Waals surface area (Å²) in [6, 6.07) is 17.3. The van der Waals surface area contributed by atoms with Crippen LogP contribution < -0.4 is 10.1 Å². The van der Waals surface area contributed by atoms with Crippen LogP contribution in [0.15, 0.2) is 65.6 Å². The molecule has 29 heavy (non-hydrogen) atoms. The van der Waals surface area contributed by atoms with Gasteiger partial charge in [0, 0.05) is 35.1 Å². The lowest BCUT2D eigenvalue weighted by molar-refractivity contribution is 0.102. The Bertz CT molecular complexity index is 1150. The fourth-order valence-corrected chi connectivity index (χ4v) is 5.13. The molecule has 3 aromatic carbocycles. The van der Waals surface area contributed by atoms with Gasteiger partial charge in [0.1, 0.15) is 5.75 Å². The van der Waals surface area contributed by atoms with Crippen molar-refractivity contribution in [2.45, 2.75) is 17.7 Å². The fourth-order valence-electron chi connectivity index (χ4n) is 3.61. The van der Waals surface area contributed by atoms with Crippen LogP contribution in [0.4, 0.5) is 5.69 Å². The van der Waals surface area contributed by atoms with Crippen LogP contribution in [0.25, 0.3) is 10.8 Å². The topological polar surface area (TPSA) is 75.7 Å². The van der Waals surface area contributed by atoms with E-state index in [0.29, 0.717) is 24.3 Å². The monoisotopic (exact) mass is 410 g/mol. The molecule has 7 heteroatoms. The summed E-state index contributed by atoms with van der Waals surface area (Å²) >= 11 is 0. The van der Waals surface area contributed by atoms with Crippen LogP contribution >= 0.6 is 0 Å². The molecule has 4 rings (SSSR count). The molecule has 1 N–H and O–H groups in total. The molecule has 150 valence electrons. The number of fused-ring (bicyclic) bond motifs is 1. The van der Waals surface area contributed by atoms with Crippen LogP contribution in [-0.2, 0) is 10.0 Å². The van der Waals surface area contributed by atoms with Crippen molar-refractivity contribution in [3.05, 3.63) is 66.2 Å². The number of sulfonamides is 1. The number of ether oxygens (including phenoxy) is 1. The number of carbonyl (C=O) groups excluding carboxylic acids is 1. The lowest BCUT2D eigenvalue weighted by Crippen LogP contribution is -2.27. The van der Waals surface area contributed by atoms with Gasteiger partial charge in [0.15, 0.2) is 0 Å². The molecule has 0 spiro atoms.